The Hall–Kier alpha value is -3.51. The van der Waals surface area contributed by atoms with E-state index in [4.69, 9.17) is 8.94 Å². The Morgan fingerprint density at radius 3 is 2.49 bits per heavy atom. The Labute approximate surface area is 219 Å². The van der Waals surface area contributed by atoms with Crippen molar-refractivity contribution in [1.82, 2.24) is 4.98 Å². The van der Waals surface area contributed by atoms with Gasteiger partial charge in [0.2, 0.25) is 7.37 Å². The summed E-state index contributed by atoms with van der Waals surface area (Å²) in [5.41, 5.74) is 5.73. The zero-order valence-corrected chi connectivity index (χ0v) is 22.4. The van der Waals surface area contributed by atoms with E-state index in [0.29, 0.717) is 16.6 Å². The summed E-state index contributed by atoms with van der Waals surface area (Å²) in [6.45, 7) is 5.95. The fraction of sp³-hybridized carbons (Fsp3) is 0.172. The van der Waals surface area contributed by atoms with Crippen LogP contribution in [-0.4, -0.2) is 22.7 Å². The van der Waals surface area contributed by atoms with Crippen LogP contribution in [0.2, 0.25) is 0 Å². The number of hydrogen-bond acceptors (Lipinski definition) is 6. The van der Waals surface area contributed by atoms with Gasteiger partial charge in [-0.1, -0.05) is 42.0 Å². The minimum atomic E-state index is -3.33. The van der Waals surface area contributed by atoms with E-state index in [-0.39, 0.29) is 17.6 Å². The van der Waals surface area contributed by atoms with E-state index in [1.54, 1.807) is 13.1 Å². The fourth-order valence-electron chi connectivity index (χ4n) is 4.50. The van der Waals surface area contributed by atoms with Crippen molar-refractivity contribution in [3.8, 4) is 21.8 Å². The largest absolute Gasteiger partial charge is 0.477 e. The molecule has 0 radical (unpaired) electrons. The predicted octanol–water partition coefficient (Wildman–Crippen LogP) is 7.68. The molecule has 0 aliphatic rings. The van der Waals surface area contributed by atoms with Crippen molar-refractivity contribution >= 4 is 41.1 Å². The summed E-state index contributed by atoms with van der Waals surface area (Å²) in [6, 6.07) is 20.9. The number of benzene rings is 2. The van der Waals surface area contributed by atoms with Crippen LogP contribution in [0.5, 0.6) is 0 Å². The van der Waals surface area contributed by atoms with Crippen LogP contribution in [0.4, 0.5) is 0 Å². The molecule has 3 heterocycles. The van der Waals surface area contributed by atoms with Gasteiger partial charge in [-0.15, -0.1) is 11.3 Å². The zero-order chi connectivity index (χ0) is 26.2. The number of aryl methyl sites for hydroxylation is 2. The molecule has 0 saturated carbocycles. The lowest BCUT2D eigenvalue weighted by molar-refractivity contribution is 0.0701. The maximum atomic E-state index is 14.1. The Morgan fingerprint density at radius 2 is 1.81 bits per heavy atom. The molecule has 1 N–H and O–H groups in total. The Bertz CT molecular complexity index is 1620. The average Bonchev–Trinajstić information content (AvgIpc) is 3.48. The summed E-state index contributed by atoms with van der Waals surface area (Å²) in [5.74, 6) is -0.328. The van der Waals surface area contributed by atoms with Crippen molar-refractivity contribution in [2.24, 2.45) is 0 Å². The van der Waals surface area contributed by atoms with Crippen LogP contribution in [0.3, 0.4) is 0 Å². The summed E-state index contributed by atoms with van der Waals surface area (Å²) in [5, 5.41) is 10.6. The number of thiophene rings is 1. The van der Waals surface area contributed by atoms with Crippen molar-refractivity contribution in [2.75, 3.05) is 6.61 Å². The van der Waals surface area contributed by atoms with Crippen LogP contribution < -0.4 is 5.30 Å². The Morgan fingerprint density at radius 1 is 1.05 bits per heavy atom. The first-order valence-corrected chi connectivity index (χ1v) is 14.5. The zero-order valence-electron chi connectivity index (χ0n) is 20.7. The first-order valence-electron chi connectivity index (χ1n) is 11.9. The number of pyridine rings is 1. The van der Waals surface area contributed by atoms with E-state index in [1.807, 2.05) is 80.6 Å². The van der Waals surface area contributed by atoms with Gasteiger partial charge in [0.15, 0.2) is 5.58 Å². The topological polar surface area (TPSA) is 89.6 Å². The van der Waals surface area contributed by atoms with Gasteiger partial charge in [0, 0.05) is 28.0 Å². The smallest absolute Gasteiger partial charge is 0.346 e. The maximum Gasteiger partial charge on any atom is 0.346 e. The van der Waals surface area contributed by atoms with Crippen LogP contribution in [0.1, 0.15) is 33.3 Å². The molecule has 0 spiro atoms. The molecule has 0 aliphatic heterocycles. The molecule has 3 aromatic heterocycles. The van der Waals surface area contributed by atoms with Gasteiger partial charge in [0.25, 0.3) is 0 Å². The van der Waals surface area contributed by atoms with E-state index < -0.39 is 13.3 Å². The quantitative estimate of drug-likeness (QED) is 0.207. The standard InChI is InChI=1S/C29H26NO5PS/c1-4-34-36(33,26-12-7-18(2)14-19(26)3)17-22-15-27(37-28(22)29(31)32)21-10-8-20(9-11-21)25-16-23-24(35-25)6-5-13-30-23/h5-16H,4,17H2,1-3H3,(H,31,32). The number of aromatic nitrogens is 1. The van der Waals surface area contributed by atoms with Crippen molar-refractivity contribution in [3.05, 3.63) is 94.5 Å². The van der Waals surface area contributed by atoms with Crippen LogP contribution >= 0.6 is 18.7 Å². The molecule has 37 heavy (non-hydrogen) atoms. The molecule has 5 aromatic rings. The Balaban J connectivity index is 1.48. The van der Waals surface area contributed by atoms with Crippen molar-refractivity contribution < 1.29 is 23.4 Å². The van der Waals surface area contributed by atoms with Gasteiger partial charge in [-0.2, -0.15) is 0 Å². The molecule has 188 valence electrons. The molecule has 0 saturated heterocycles. The van der Waals surface area contributed by atoms with E-state index >= 15 is 0 Å². The average molecular weight is 532 g/mol. The summed E-state index contributed by atoms with van der Waals surface area (Å²) in [7, 11) is -3.33. The highest BCUT2D eigenvalue weighted by molar-refractivity contribution is 7.66. The molecule has 0 fully saturated rings. The molecule has 2 aromatic carbocycles. The summed E-state index contributed by atoms with van der Waals surface area (Å²) in [4.78, 5) is 17.4. The normalized spacial score (nSPS) is 13.1. The lowest BCUT2D eigenvalue weighted by Gasteiger charge is -2.20. The van der Waals surface area contributed by atoms with Gasteiger partial charge in [-0.3, -0.25) is 9.55 Å². The molecule has 5 rings (SSSR count). The summed E-state index contributed by atoms with van der Waals surface area (Å²) >= 11 is 1.18. The van der Waals surface area contributed by atoms with Gasteiger partial charge in [-0.05, 0) is 61.7 Å². The van der Waals surface area contributed by atoms with Crippen molar-refractivity contribution in [3.63, 3.8) is 0 Å². The number of carboxylic acid groups (broad SMARTS) is 1. The second-order valence-corrected chi connectivity index (χ2v) is 12.3. The third-order valence-electron chi connectivity index (χ3n) is 6.18. The van der Waals surface area contributed by atoms with E-state index in [0.717, 1.165) is 38.2 Å². The first-order chi connectivity index (χ1) is 17.8. The Kier molecular flexibility index (Phi) is 6.86. The number of carbonyl (C=O) groups is 1. The lowest BCUT2D eigenvalue weighted by atomic mass is 10.1. The second kappa shape index (κ2) is 10.1. The molecular formula is C29H26NO5PS. The minimum absolute atomic E-state index is 0.0208. The van der Waals surface area contributed by atoms with Crippen LogP contribution in [0, 0.1) is 13.8 Å². The lowest BCUT2D eigenvalue weighted by Crippen LogP contribution is -2.14. The third-order valence-corrected chi connectivity index (χ3v) is 10.1. The van der Waals surface area contributed by atoms with Gasteiger partial charge >= 0.3 is 5.97 Å². The number of nitrogens with zero attached hydrogens (tertiary/aromatic N) is 1. The molecule has 1 unspecified atom stereocenters. The molecule has 8 heteroatoms. The highest BCUT2D eigenvalue weighted by Crippen LogP contribution is 2.51. The van der Waals surface area contributed by atoms with Crippen molar-refractivity contribution in [2.45, 2.75) is 26.9 Å². The van der Waals surface area contributed by atoms with Gasteiger partial charge in [0.05, 0.1) is 12.8 Å². The molecule has 0 amide bonds. The molecule has 0 aliphatic carbocycles. The minimum Gasteiger partial charge on any atom is -0.477 e. The fourth-order valence-corrected chi connectivity index (χ4v) is 8.05. The predicted molar refractivity (Wildman–Crippen MR) is 148 cm³/mol. The number of furan rings is 1. The summed E-state index contributed by atoms with van der Waals surface area (Å²) in [6.07, 6.45) is 1.75. The van der Waals surface area contributed by atoms with E-state index in [1.165, 1.54) is 11.3 Å². The van der Waals surface area contributed by atoms with Gasteiger partial charge in [0.1, 0.15) is 16.2 Å². The molecule has 0 bridgehead atoms. The van der Waals surface area contributed by atoms with E-state index in [9.17, 15) is 14.5 Å². The van der Waals surface area contributed by atoms with E-state index in [2.05, 4.69) is 4.98 Å². The number of aromatic carboxylic acids is 1. The SMILES string of the molecule is CCOP(=O)(Cc1cc(-c2ccc(-c3cc4ncccc4o3)cc2)sc1C(=O)O)c1ccc(C)cc1C. The number of carboxylic acids is 1. The number of rotatable bonds is 8. The second-order valence-electron chi connectivity index (χ2n) is 8.88. The molecule has 1 atom stereocenters. The maximum absolute atomic E-state index is 14.1. The summed E-state index contributed by atoms with van der Waals surface area (Å²) < 4.78 is 25.8. The third kappa shape index (κ3) is 5.03. The highest BCUT2D eigenvalue weighted by Gasteiger charge is 2.31. The monoisotopic (exact) mass is 531 g/mol. The van der Waals surface area contributed by atoms with Gasteiger partial charge < -0.3 is 14.0 Å². The van der Waals surface area contributed by atoms with Gasteiger partial charge in [-0.25, -0.2) is 4.79 Å². The molecular weight excluding hydrogens is 505 g/mol. The molecule has 6 nitrogen and oxygen atoms in total. The highest BCUT2D eigenvalue weighted by atomic mass is 32.1. The number of fused-ring (bicyclic) bond motifs is 1. The van der Waals surface area contributed by atoms with Crippen LogP contribution in [0.15, 0.2) is 77.3 Å². The number of hydrogen-bond donors (Lipinski definition) is 1. The van der Waals surface area contributed by atoms with Crippen LogP contribution in [-0.2, 0) is 15.3 Å². The van der Waals surface area contributed by atoms with Crippen LogP contribution in [0.25, 0.3) is 32.9 Å². The van der Waals surface area contributed by atoms with Crippen molar-refractivity contribution in [1.29, 1.82) is 0 Å². The first kappa shape index (κ1) is 25.2.